The van der Waals surface area contributed by atoms with Crippen molar-refractivity contribution >= 4 is 28.7 Å². The molecule has 0 bridgehead atoms. The van der Waals surface area contributed by atoms with Gasteiger partial charge >= 0.3 is 0 Å². The van der Waals surface area contributed by atoms with Crippen LogP contribution in [0.5, 0.6) is 0 Å². The number of unbranched alkanes of at least 4 members (excludes halogenated alkanes) is 18. The lowest BCUT2D eigenvalue weighted by atomic mass is 9.81. The lowest BCUT2D eigenvalue weighted by Crippen LogP contribution is -3.00. The number of fused-ring (bicyclic) bond motifs is 2. The average molecular weight is 928 g/mol. The van der Waals surface area contributed by atoms with Crippen LogP contribution in [-0.4, -0.2) is 61.0 Å². The topological polar surface area (TPSA) is 21.5 Å². The van der Waals surface area contributed by atoms with Crippen LogP contribution in [0.1, 0.15) is 201 Å². The van der Waals surface area contributed by atoms with Gasteiger partial charge in [-0.2, -0.15) is 4.58 Å². The first-order valence-electron chi connectivity index (χ1n) is 26.7. The van der Waals surface area contributed by atoms with Crippen molar-refractivity contribution in [1.29, 1.82) is 0 Å². The molecule has 0 saturated carbocycles. The predicted octanol–water partition coefficient (Wildman–Crippen LogP) is 13.3. The van der Waals surface area contributed by atoms with Crippen LogP contribution in [0.15, 0.2) is 94.7 Å². The van der Waals surface area contributed by atoms with Crippen LogP contribution in [-0.2, 0) is 10.8 Å². The molecule has 1 aliphatic carbocycles. The molecule has 0 radical (unpaired) electrons. The quantitative estimate of drug-likeness (QED) is 0.0750. The Labute approximate surface area is 410 Å². The first kappa shape index (κ1) is 55.0. The summed E-state index contributed by atoms with van der Waals surface area (Å²) in [5.41, 5.74) is 10.9. The molecule has 0 unspecified atom stereocenters. The summed E-state index contributed by atoms with van der Waals surface area (Å²) in [6, 6.07) is 18.1. The lowest BCUT2D eigenvalue weighted by Gasteiger charge is -2.27. The number of hydrogen-bond donors (Lipinski definition) is 1. The molecular formula is C59H92Cl2N4. The van der Waals surface area contributed by atoms with Crippen molar-refractivity contribution in [2.45, 2.75) is 201 Å². The van der Waals surface area contributed by atoms with Gasteiger partial charge in [0.15, 0.2) is 5.71 Å². The normalized spacial score (nSPS) is 19.0. The van der Waals surface area contributed by atoms with Crippen molar-refractivity contribution in [2.75, 3.05) is 50.7 Å². The fraction of sp³-hybridized carbons (Fsp3) is 0.644. The van der Waals surface area contributed by atoms with Gasteiger partial charge in [-0.05, 0) is 74.9 Å². The summed E-state index contributed by atoms with van der Waals surface area (Å²) in [7, 11) is 0. The van der Waals surface area contributed by atoms with Gasteiger partial charge in [0.05, 0.1) is 5.41 Å². The summed E-state index contributed by atoms with van der Waals surface area (Å²) in [4.78, 5) is 5.07. The van der Waals surface area contributed by atoms with Gasteiger partial charge in [0.2, 0.25) is 5.69 Å². The number of allylic oxidation sites excluding steroid dienone is 8. The van der Waals surface area contributed by atoms with E-state index in [1.807, 2.05) is 0 Å². The number of halogens is 2. The Hall–Kier alpha value is -2.63. The second-order valence-electron chi connectivity index (χ2n) is 20.4. The van der Waals surface area contributed by atoms with Gasteiger partial charge < -0.3 is 27.5 Å². The standard InChI is InChI=1S/C53H78ClN2.C6H14N2.ClH/c1-7-9-11-13-15-17-19-21-23-29-41-55-47-33-27-25-31-45(47)52(3,4)49(55)39-37-43-35-36-44(51(43)54)38-40-50-53(5,6)46-32-26-28-34-48(46)56(50)42-30-24-22-20-18-16-14-12-10-8-2;1-2-8-5-3-7-4-6-8;/h25-28,31-34,37-40H,7-24,29-30,35-36,41-42H2,1-6H3;7H,2-6H2,1H3;1H/q+1;;/p-1. The molecule has 3 aliphatic heterocycles. The van der Waals surface area contributed by atoms with Crippen LogP contribution in [0.2, 0.25) is 0 Å². The minimum absolute atomic E-state index is 0. The van der Waals surface area contributed by atoms with Crippen molar-refractivity contribution in [3.63, 3.8) is 0 Å². The number of hydrogen-bond acceptors (Lipinski definition) is 3. The molecule has 1 fully saturated rings. The van der Waals surface area contributed by atoms with Gasteiger partial charge in [0.25, 0.3) is 0 Å². The molecule has 65 heavy (non-hydrogen) atoms. The maximum absolute atomic E-state index is 7.26. The highest BCUT2D eigenvalue weighted by molar-refractivity contribution is 6.33. The Morgan fingerprint density at radius 3 is 1.74 bits per heavy atom. The second-order valence-corrected chi connectivity index (χ2v) is 20.8. The van der Waals surface area contributed by atoms with E-state index < -0.39 is 0 Å². The molecule has 0 spiro atoms. The number of nitrogens with one attached hydrogen (secondary N) is 1. The van der Waals surface area contributed by atoms with E-state index in [0.717, 1.165) is 31.0 Å². The van der Waals surface area contributed by atoms with Crippen molar-refractivity contribution < 1.29 is 17.0 Å². The fourth-order valence-corrected chi connectivity index (χ4v) is 11.0. The van der Waals surface area contributed by atoms with E-state index in [1.54, 1.807) is 0 Å². The number of likely N-dealkylation sites (N-methyl/N-ethyl adjacent to an activating group) is 1. The van der Waals surface area contributed by atoms with Crippen LogP contribution in [0, 0.1) is 0 Å². The minimum atomic E-state index is -0.0406. The highest BCUT2D eigenvalue weighted by Crippen LogP contribution is 2.48. The molecule has 1 N–H and O–H groups in total. The summed E-state index contributed by atoms with van der Waals surface area (Å²) < 4.78 is 2.62. The third-order valence-electron chi connectivity index (χ3n) is 14.8. The van der Waals surface area contributed by atoms with Gasteiger partial charge in [-0.1, -0.05) is 204 Å². The molecular weight excluding hydrogens is 836 g/mol. The van der Waals surface area contributed by atoms with Gasteiger partial charge in [0, 0.05) is 78.7 Å². The highest BCUT2D eigenvalue weighted by atomic mass is 35.5. The maximum Gasteiger partial charge on any atom is 0.209 e. The summed E-state index contributed by atoms with van der Waals surface area (Å²) in [5, 5.41) is 4.25. The first-order chi connectivity index (χ1) is 31.1. The van der Waals surface area contributed by atoms with E-state index >= 15 is 0 Å². The smallest absolute Gasteiger partial charge is 0.209 e. The molecule has 2 aromatic carbocycles. The Morgan fingerprint density at radius 1 is 0.615 bits per heavy atom. The predicted molar refractivity (Wildman–Crippen MR) is 282 cm³/mol. The fourth-order valence-electron chi connectivity index (χ4n) is 10.7. The first-order valence-corrected chi connectivity index (χ1v) is 27.1. The van der Waals surface area contributed by atoms with Crippen LogP contribution in [0.25, 0.3) is 0 Å². The Morgan fingerprint density at radius 2 is 1.15 bits per heavy atom. The molecule has 4 aliphatic rings. The number of anilines is 1. The number of para-hydroxylation sites is 2. The molecule has 0 atom stereocenters. The molecule has 0 amide bonds. The zero-order valence-electron chi connectivity index (χ0n) is 42.5. The zero-order chi connectivity index (χ0) is 45.6. The van der Waals surface area contributed by atoms with Gasteiger partial charge in [-0.25, -0.2) is 0 Å². The molecule has 2 aromatic rings. The van der Waals surface area contributed by atoms with E-state index in [4.69, 9.17) is 11.6 Å². The monoisotopic (exact) mass is 927 g/mol. The van der Waals surface area contributed by atoms with Crippen molar-refractivity contribution in [2.24, 2.45) is 0 Å². The van der Waals surface area contributed by atoms with E-state index in [2.05, 4.69) is 141 Å². The van der Waals surface area contributed by atoms with E-state index in [0.29, 0.717) is 0 Å². The highest BCUT2D eigenvalue weighted by Gasteiger charge is 2.44. The summed E-state index contributed by atoms with van der Waals surface area (Å²) in [5.74, 6) is 0. The number of piperazine rings is 1. The molecule has 1 saturated heterocycles. The van der Waals surface area contributed by atoms with Crippen LogP contribution in [0.4, 0.5) is 11.4 Å². The Bertz CT molecular complexity index is 1860. The zero-order valence-corrected chi connectivity index (χ0v) is 44.0. The molecule has 6 rings (SSSR count). The average Bonchev–Trinajstić information content (AvgIpc) is 3.85. The summed E-state index contributed by atoms with van der Waals surface area (Å²) in [6.07, 6.45) is 38.8. The van der Waals surface area contributed by atoms with Crippen LogP contribution in [0.3, 0.4) is 0 Å². The lowest BCUT2D eigenvalue weighted by molar-refractivity contribution is -0.438. The molecule has 0 aromatic heterocycles. The van der Waals surface area contributed by atoms with Crippen molar-refractivity contribution in [3.05, 3.63) is 106 Å². The maximum atomic E-state index is 7.26. The minimum Gasteiger partial charge on any atom is -1.00 e. The third kappa shape index (κ3) is 16.0. The molecule has 6 heteroatoms. The third-order valence-corrected chi connectivity index (χ3v) is 15.3. The molecule has 4 nitrogen and oxygen atoms in total. The largest absolute Gasteiger partial charge is 1.00 e. The van der Waals surface area contributed by atoms with Crippen molar-refractivity contribution in [1.82, 2.24) is 10.2 Å². The second kappa shape index (κ2) is 29.3. The van der Waals surface area contributed by atoms with E-state index in [-0.39, 0.29) is 23.2 Å². The van der Waals surface area contributed by atoms with Crippen molar-refractivity contribution in [3.8, 4) is 0 Å². The van der Waals surface area contributed by atoms with Gasteiger partial charge in [-0.15, -0.1) is 0 Å². The summed E-state index contributed by atoms with van der Waals surface area (Å²) in [6.45, 7) is 24.6. The molecule has 3 heterocycles. The van der Waals surface area contributed by atoms with E-state index in [1.165, 1.54) is 206 Å². The Kier molecular flexibility index (Phi) is 24.8. The molecule has 362 valence electrons. The number of nitrogens with zero attached hydrogens (tertiary/aromatic N) is 3. The van der Waals surface area contributed by atoms with E-state index in [9.17, 15) is 0 Å². The van der Waals surface area contributed by atoms with Crippen LogP contribution < -0.4 is 22.6 Å². The Balaban J connectivity index is 0.000000926. The number of rotatable bonds is 26. The SMILES string of the molecule is CCCCCCCCCCCCN1/C(=C/C=C2\CCC(/C=C/C3=[N+](CCCCCCCCCCCC)c4ccccc4C3(C)C)=C2Cl)C(C)(C)c2ccccc21.CCN1CCNCC1.[Cl-]. The van der Waals surface area contributed by atoms with Crippen LogP contribution >= 0.6 is 11.6 Å². The number of benzene rings is 2. The summed E-state index contributed by atoms with van der Waals surface area (Å²) >= 11 is 7.26. The van der Waals surface area contributed by atoms with Gasteiger partial charge in [-0.3, -0.25) is 0 Å². The van der Waals surface area contributed by atoms with Gasteiger partial charge in [0.1, 0.15) is 6.54 Å².